The Hall–Kier alpha value is -3.06. The number of carbonyl (C=O) groups excluding carboxylic acids is 1. The molecular formula is C18H19N5O2. The third kappa shape index (κ3) is 4.71. The van der Waals surface area contributed by atoms with Crippen LogP contribution in [-0.4, -0.2) is 37.8 Å². The molecule has 0 aliphatic heterocycles. The van der Waals surface area contributed by atoms with Gasteiger partial charge in [0.05, 0.1) is 6.10 Å². The summed E-state index contributed by atoms with van der Waals surface area (Å²) >= 11 is 0. The Morgan fingerprint density at radius 1 is 1.08 bits per heavy atom. The van der Waals surface area contributed by atoms with Gasteiger partial charge in [-0.2, -0.15) is 4.80 Å². The summed E-state index contributed by atoms with van der Waals surface area (Å²) in [7, 11) is 0. The molecule has 3 aromatic rings. The van der Waals surface area contributed by atoms with Crippen LogP contribution in [0.3, 0.4) is 0 Å². The van der Waals surface area contributed by atoms with Crippen LogP contribution in [0.15, 0.2) is 60.7 Å². The smallest absolute Gasteiger partial charge is 0.243 e. The summed E-state index contributed by atoms with van der Waals surface area (Å²) in [5, 5.41) is 24.8. The third-order valence-electron chi connectivity index (χ3n) is 3.69. The van der Waals surface area contributed by atoms with E-state index in [1.54, 1.807) is 0 Å². The molecule has 0 fully saturated rings. The molecule has 0 saturated carbocycles. The maximum atomic E-state index is 12.0. The van der Waals surface area contributed by atoms with Crippen molar-refractivity contribution in [3.63, 3.8) is 0 Å². The minimum atomic E-state index is -0.601. The number of rotatable bonds is 7. The molecule has 1 aromatic heterocycles. The number of nitrogens with zero attached hydrogens (tertiary/aromatic N) is 4. The predicted octanol–water partition coefficient (Wildman–Crippen LogP) is 1.58. The minimum absolute atomic E-state index is 0.0126. The first kappa shape index (κ1) is 16.8. The lowest BCUT2D eigenvalue weighted by Crippen LogP contribution is -2.30. The van der Waals surface area contributed by atoms with Crippen molar-refractivity contribution in [2.45, 2.75) is 19.1 Å². The molecule has 3 rings (SSSR count). The molecule has 0 spiro atoms. The van der Waals surface area contributed by atoms with Crippen LogP contribution in [0.5, 0.6) is 0 Å². The second kappa shape index (κ2) is 8.16. The lowest BCUT2D eigenvalue weighted by Gasteiger charge is -2.11. The first-order valence-corrected chi connectivity index (χ1v) is 8.05. The highest BCUT2D eigenvalue weighted by atomic mass is 16.3. The van der Waals surface area contributed by atoms with Gasteiger partial charge in [-0.3, -0.25) is 4.79 Å². The molecule has 0 radical (unpaired) electrons. The molecule has 7 heteroatoms. The van der Waals surface area contributed by atoms with Crippen LogP contribution < -0.4 is 5.32 Å². The molecule has 0 aliphatic carbocycles. The van der Waals surface area contributed by atoms with Gasteiger partial charge < -0.3 is 10.4 Å². The third-order valence-corrected chi connectivity index (χ3v) is 3.69. The van der Waals surface area contributed by atoms with Gasteiger partial charge in [-0.05, 0) is 17.2 Å². The number of tetrazole rings is 1. The number of aliphatic hydroxyl groups excluding tert-OH is 1. The summed E-state index contributed by atoms with van der Waals surface area (Å²) in [6, 6.07) is 18.8. The molecule has 1 atom stereocenters. The molecule has 0 aliphatic rings. The van der Waals surface area contributed by atoms with Crippen LogP contribution in [0.1, 0.15) is 18.1 Å². The van der Waals surface area contributed by atoms with Crippen molar-refractivity contribution in [2.75, 3.05) is 6.54 Å². The van der Waals surface area contributed by atoms with Gasteiger partial charge >= 0.3 is 0 Å². The summed E-state index contributed by atoms with van der Waals surface area (Å²) in [4.78, 5) is 13.2. The van der Waals surface area contributed by atoms with E-state index in [1.807, 2.05) is 60.7 Å². The SMILES string of the molecule is O=C(Cn1nnc(-c2ccccc2)n1)NCCC(O)c1ccccc1. The van der Waals surface area contributed by atoms with Crippen molar-refractivity contribution >= 4 is 5.91 Å². The van der Waals surface area contributed by atoms with E-state index in [4.69, 9.17) is 0 Å². The molecule has 7 nitrogen and oxygen atoms in total. The fourth-order valence-corrected chi connectivity index (χ4v) is 2.39. The van der Waals surface area contributed by atoms with Gasteiger partial charge in [0.15, 0.2) is 0 Å². The first-order valence-electron chi connectivity index (χ1n) is 8.05. The summed E-state index contributed by atoms with van der Waals surface area (Å²) in [6.07, 6.45) is -0.161. The average molecular weight is 337 g/mol. The fourth-order valence-electron chi connectivity index (χ4n) is 2.39. The Morgan fingerprint density at radius 3 is 2.48 bits per heavy atom. The highest BCUT2D eigenvalue weighted by molar-refractivity contribution is 5.75. The highest BCUT2D eigenvalue weighted by Gasteiger charge is 2.10. The minimum Gasteiger partial charge on any atom is -0.388 e. The van der Waals surface area contributed by atoms with Crippen LogP contribution in [0.25, 0.3) is 11.4 Å². The first-order chi connectivity index (χ1) is 12.2. The quantitative estimate of drug-likeness (QED) is 0.683. The van der Waals surface area contributed by atoms with E-state index in [-0.39, 0.29) is 12.5 Å². The number of benzene rings is 2. The van der Waals surface area contributed by atoms with E-state index < -0.39 is 6.10 Å². The van der Waals surface area contributed by atoms with Crippen LogP contribution in [-0.2, 0) is 11.3 Å². The van der Waals surface area contributed by atoms with Crippen LogP contribution in [0.4, 0.5) is 0 Å². The van der Waals surface area contributed by atoms with E-state index in [2.05, 4.69) is 20.7 Å². The van der Waals surface area contributed by atoms with E-state index in [9.17, 15) is 9.90 Å². The van der Waals surface area contributed by atoms with E-state index >= 15 is 0 Å². The Kier molecular flexibility index (Phi) is 5.48. The summed E-state index contributed by atoms with van der Waals surface area (Å²) in [6.45, 7) is 0.358. The molecular weight excluding hydrogens is 318 g/mol. The molecule has 2 N–H and O–H groups in total. The van der Waals surface area contributed by atoms with Gasteiger partial charge in [-0.1, -0.05) is 60.7 Å². The zero-order valence-electron chi connectivity index (χ0n) is 13.6. The largest absolute Gasteiger partial charge is 0.388 e. The van der Waals surface area contributed by atoms with Gasteiger partial charge in [0, 0.05) is 12.1 Å². The highest BCUT2D eigenvalue weighted by Crippen LogP contribution is 2.15. The fraction of sp³-hybridized carbons (Fsp3) is 0.222. The second-order valence-corrected chi connectivity index (χ2v) is 5.57. The molecule has 25 heavy (non-hydrogen) atoms. The van der Waals surface area contributed by atoms with Crippen LogP contribution >= 0.6 is 0 Å². The zero-order chi connectivity index (χ0) is 17.5. The van der Waals surface area contributed by atoms with Crippen molar-refractivity contribution < 1.29 is 9.90 Å². The number of amides is 1. The van der Waals surface area contributed by atoms with E-state index in [0.29, 0.717) is 18.8 Å². The Labute approximate surface area is 145 Å². The lowest BCUT2D eigenvalue weighted by atomic mass is 10.1. The van der Waals surface area contributed by atoms with Gasteiger partial charge in [-0.25, -0.2) is 0 Å². The predicted molar refractivity (Wildman–Crippen MR) is 92.3 cm³/mol. The Morgan fingerprint density at radius 2 is 1.76 bits per heavy atom. The summed E-state index contributed by atoms with van der Waals surface area (Å²) in [5.41, 5.74) is 1.68. The molecule has 1 heterocycles. The second-order valence-electron chi connectivity index (χ2n) is 5.57. The number of aromatic nitrogens is 4. The number of nitrogens with one attached hydrogen (secondary N) is 1. The Balaban J connectivity index is 1.46. The van der Waals surface area contributed by atoms with Crippen molar-refractivity contribution in [3.8, 4) is 11.4 Å². The van der Waals surface area contributed by atoms with Crippen LogP contribution in [0, 0.1) is 0 Å². The van der Waals surface area contributed by atoms with Gasteiger partial charge in [0.25, 0.3) is 0 Å². The van der Waals surface area contributed by atoms with Crippen molar-refractivity contribution in [3.05, 3.63) is 66.2 Å². The van der Waals surface area contributed by atoms with Crippen molar-refractivity contribution in [2.24, 2.45) is 0 Å². The topological polar surface area (TPSA) is 92.9 Å². The monoisotopic (exact) mass is 337 g/mol. The molecule has 2 aromatic carbocycles. The summed E-state index contributed by atoms with van der Waals surface area (Å²) in [5.74, 6) is 0.255. The zero-order valence-corrected chi connectivity index (χ0v) is 13.6. The van der Waals surface area contributed by atoms with E-state index in [0.717, 1.165) is 11.1 Å². The number of carbonyl (C=O) groups is 1. The maximum absolute atomic E-state index is 12.0. The Bertz CT molecular complexity index is 805. The molecule has 1 unspecified atom stereocenters. The van der Waals surface area contributed by atoms with Crippen molar-refractivity contribution in [1.29, 1.82) is 0 Å². The van der Waals surface area contributed by atoms with E-state index in [1.165, 1.54) is 4.80 Å². The van der Waals surface area contributed by atoms with Crippen LogP contribution in [0.2, 0.25) is 0 Å². The van der Waals surface area contributed by atoms with Gasteiger partial charge in [0.1, 0.15) is 6.54 Å². The number of aliphatic hydroxyl groups is 1. The number of hydrogen-bond acceptors (Lipinski definition) is 5. The average Bonchev–Trinajstić information content (AvgIpc) is 3.11. The standard InChI is InChI=1S/C18H19N5O2/c24-16(14-7-3-1-4-8-14)11-12-19-17(25)13-23-21-18(20-22-23)15-9-5-2-6-10-15/h1-10,16,24H,11-13H2,(H,19,25). The normalized spacial score (nSPS) is 11.9. The maximum Gasteiger partial charge on any atom is 0.243 e. The van der Waals surface area contributed by atoms with Gasteiger partial charge in [0.2, 0.25) is 11.7 Å². The molecule has 128 valence electrons. The number of hydrogen-bond donors (Lipinski definition) is 2. The van der Waals surface area contributed by atoms with Gasteiger partial charge in [-0.15, -0.1) is 10.2 Å². The summed E-state index contributed by atoms with van der Waals surface area (Å²) < 4.78 is 0. The van der Waals surface area contributed by atoms with Crippen molar-refractivity contribution in [1.82, 2.24) is 25.5 Å². The molecule has 0 bridgehead atoms. The molecule has 0 saturated heterocycles. The lowest BCUT2D eigenvalue weighted by molar-refractivity contribution is -0.122. The molecule has 1 amide bonds.